The van der Waals surface area contributed by atoms with Crippen LogP contribution in [0.4, 0.5) is 5.69 Å². The molecule has 0 spiro atoms. The Morgan fingerprint density at radius 2 is 2.14 bits per heavy atom. The van der Waals surface area contributed by atoms with Crippen molar-refractivity contribution in [2.45, 2.75) is 6.42 Å². The van der Waals surface area contributed by atoms with Crippen LogP contribution < -0.4 is 5.32 Å². The number of nitriles is 2. The molecule has 0 saturated heterocycles. The number of nitrogens with zero attached hydrogens (tertiary/aromatic N) is 2. The molecule has 0 amide bonds. The molecule has 14 heavy (non-hydrogen) atoms. The molecule has 0 fully saturated rings. The summed E-state index contributed by atoms with van der Waals surface area (Å²) in [5.74, 6) is 0. The van der Waals surface area contributed by atoms with Gasteiger partial charge in [-0.2, -0.15) is 10.5 Å². The molecule has 70 valence electrons. The Morgan fingerprint density at radius 3 is 2.71 bits per heavy atom. The van der Waals surface area contributed by atoms with Crippen LogP contribution in [0.25, 0.3) is 0 Å². The zero-order valence-corrected chi connectivity index (χ0v) is 8.17. The fourth-order valence-electron chi connectivity index (χ4n) is 0.981. The Hall–Kier alpha value is -1.71. The smallest absolute Gasteiger partial charge is 0.0992 e. The van der Waals surface area contributed by atoms with Gasteiger partial charge in [0.15, 0.2) is 0 Å². The van der Waals surface area contributed by atoms with E-state index in [1.54, 1.807) is 18.2 Å². The fourth-order valence-corrected chi connectivity index (χ4v) is 1.23. The monoisotopic (exact) mass is 205 g/mol. The topological polar surface area (TPSA) is 59.6 Å². The predicted molar refractivity (Wildman–Crippen MR) is 54.9 cm³/mol. The maximum absolute atomic E-state index is 8.59. The minimum absolute atomic E-state index is 0.427. The van der Waals surface area contributed by atoms with Gasteiger partial charge in [-0.1, -0.05) is 11.6 Å². The van der Waals surface area contributed by atoms with Gasteiger partial charge in [-0.25, -0.2) is 0 Å². The zero-order valence-electron chi connectivity index (χ0n) is 7.42. The number of nitrogens with one attached hydrogen (secondary N) is 1. The minimum atomic E-state index is 0.427. The molecule has 4 heteroatoms. The fraction of sp³-hybridized carbons (Fsp3) is 0.200. The van der Waals surface area contributed by atoms with Gasteiger partial charge in [0.2, 0.25) is 0 Å². The van der Waals surface area contributed by atoms with Crippen molar-refractivity contribution in [3.63, 3.8) is 0 Å². The highest BCUT2D eigenvalue weighted by molar-refractivity contribution is 6.33. The van der Waals surface area contributed by atoms with Crippen LogP contribution in [0.5, 0.6) is 0 Å². The third-order valence-corrected chi connectivity index (χ3v) is 1.96. The number of halogens is 1. The van der Waals surface area contributed by atoms with Crippen LogP contribution in [-0.2, 0) is 0 Å². The Bertz CT molecular complexity index is 401. The number of hydrogen-bond donors (Lipinski definition) is 1. The minimum Gasteiger partial charge on any atom is -0.383 e. The summed E-state index contributed by atoms with van der Waals surface area (Å²) in [6.45, 7) is 0.558. The lowest BCUT2D eigenvalue weighted by atomic mass is 10.2. The van der Waals surface area contributed by atoms with Gasteiger partial charge >= 0.3 is 0 Å². The first kappa shape index (κ1) is 10.4. The van der Waals surface area contributed by atoms with E-state index in [4.69, 9.17) is 22.1 Å². The molecule has 0 radical (unpaired) electrons. The van der Waals surface area contributed by atoms with E-state index in [9.17, 15) is 0 Å². The molecule has 1 rings (SSSR count). The molecule has 0 saturated carbocycles. The van der Waals surface area contributed by atoms with Crippen LogP contribution in [0.15, 0.2) is 18.2 Å². The number of rotatable bonds is 3. The molecule has 1 N–H and O–H groups in total. The predicted octanol–water partition coefficient (Wildman–Crippen LogP) is 2.54. The second kappa shape index (κ2) is 5.11. The molecule has 0 aliphatic carbocycles. The normalized spacial score (nSPS) is 8.79. The van der Waals surface area contributed by atoms with Gasteiger partial charge < -0.3 is 5.32 Å². The Labute approximate surface area is 87.5 Å². The van der Waals surface area contributed by atoms with Crippen molar-refractivity contribution in [3.05, 3.63) is 28.8 Å². The summed E-state index contributed by atoms with van der Waals surface area (Å²) < 4.78 is 0. The van der Waals surface area contributed by atoms with Crippen molar-refractivity contribution < 1.29 is 0 Å². The summed E-state index contributed by atoms with van der Waals surface area (Å²) in [6, 6.07) is 9.03. The zero-order chi connectivity index (χ0) is 10.4. The summed E-state index contributed by atoms with van der Waals surface area (Å²) >= 11 is 5.89. The van der Waals surface area contributed by atoms with Gasteiger partial charge in [0, 0.05) is 6.54 Å². The quantitative estimate of drug-likeness (QED) is 0.772. The van der Waals surface area contributed by atoms with Gasteiger partial charge in [0.1, 0.15) is 0 Å². The Kier molecular flexibility index (Phi) is 3.79. The van der Waals surface area contributed by atoms with E-state index in [0.717, 1.165) is 5.69 Å². The molecule has 3 nitrogen and oxygen atoms in total. The van der Waals surface area contributed by atoms with Crippen molar-refractivity contribution in [3.8, 4) is 12.1 Å². The van der Waals surface area contributed by atoms with Crippen LogP contribution in [-0.4, -0.2) is 6.54 Å². The summed E-state index contributed by atoms with van der Waals surface area (Å²) in [5.41, 5.74) is 1.28. The molecular formula is C10H8ClN3. The highest BCUT2D eigenvalue weighted by Crippen LogP contribution is 2.22. The van der Waals surface area contributed by atoms with Crippen molar-refractivity contribution >= 4 is 17.3 Å². The number of hydrogen-bond acceptors (Lipinski definition) is 3. The third-order valence-electron chi connectivity index (χ3n) is 1.65. The van der Waals surface area contributed by atoms with Gasteiger partial charge in [0.05, 0.1) is 34.8 Å². The number of benzene rings is 1. The van der Waals surface area contributed by atoms with E-state index in [1.165, 1.54) is 0 Å². The van der Waals surface area contributed by atoms with Gasteiger partial charge in [0.25, 0.3) is 0 Å². The van der Waals surface area contributed by atoms with Crippen LogP contribution in [0.1, 0.15) is 12.0 Å². The molecule has 0 unspecified atom stereocenters. The first-order valence-corrected chi connectivity index (χ1v) is 4.46. The highest BCUT2D eigenvalue weighted by Gasteiger charge is 2.00. The van der Waals surface area contributed by atoms with E-state index in [2.05, 4.69) is 5.32 Å². The molecule has 0 aliphatic rings. The van der Waals surface area contributed by atoms with Crippen LogP contribution >= 0.6 is 11.6 Å². The maximum Gasteiger partial charge on any atom is 0.0992 e. The van der Waals surface area contributed by atoms with Crippen LogP contribution in [0, 0.1) is 22.7 Å². The van der Waals surface area contributed by atoms with E-state index in [-0.39, 0.29) is 0 Å². The van der Waals surface area contributed by atoms with E-state index < -0.39 is 0 Å². The summed E-state index contributed by atoms with van der Waals surface area (Å²) in [5, 5.41) is 20.4. The maximum atomic E-state index is 8.59. The second-order valence-electron chi connectivity index (χ2n) is 2.64. The largest absolute Gasteiger partial charge is 0.383 e. The lowest BCUT2D eigenvalue weighted by Crippen LogP contribution is -2.00. The molecule has 0 bridgehead atoms. The van der Waals surface area contributed by atoms with E-state index in [0.29, 0.717) is 23.6 Å². The van der Waals surface area contributed by atoms with E-state index >= 15 is 0 Å². The highest BCUT2D eigenvalue weighted by atomic mass is 35.5. The lowest BCUT2D eigenvalue weighted by molar-refractivity contribution is 1.08. The third kappa shape index (κ3) is 2.65. The van der Waals surface area contributed by atoms with Gasteiger partial charge in [-0.3, -0.25) is 0 Å². The van der Waals surface area contributed by atoms with Crippen molar-refractivity contribution in [2.24, 2.45) is 0 Å². The average molecular weight is 206 g/mol. The van der Waals surface area contributed by atoms with Crippen molar-refractivity contribution in [2.75, 3.05) is 11.9 Å². The standard InChI is InChI=1S/C10H8ClN3/c11-9-6-8(7-13)2-3-10(9)14-5-1-4-12/h2-3,6,14H,1,5H2. The van der Waals surface area contributed by atoms with Gasteiger partial charge in [-0.15, -0.1) is 0 Å². The van der Waals surface area contributed by atoms with Crippen LogP contribution in [0.3, 0.4) is 0 Å². The molecule has 0 aliphatic heterocycles. The first-order chi connectivity index (χ1) is 6.77. The van der Waals surface area contributed by atoms with Crippen molar-refractivity contribution in [1.29, 1.82) is 10.5 Å². The Balaban J connectivity index is 2.71. The van der Waals surface area contributed by atoms with Gasteiger partial charge in [-0.05, 0) is 18.2 Å². The summed E-state index contributed by atoms with van der Waals surface area (Å²) in [4.78, 5) is 0. The summed E-state index contributed by atoms with van der Waals surface area (Å²) in [6.07, 6.45) is 0.427. The van der Waals surface area contributed by atoms with Crippen molar-refractivity contribution in [1.82, 2.24) is 0 Å². The van der Waals surface area contributed by atoms with Crippen LogP contribution in [0.2, 0.25) is 5.02 Å². The SMILES string of the molecule is N#CCCNc1ccc(C#N)cc1Cl. The molecule has 1 aromatic carbocycles. The molecule has 0 aromatic heterocycles. The first-order valence-electron chi connectivity index (χ1n) is 4.08. The molecule has 0 atom stereocenters. The molecule has 0 heterocycles. The Morgan fingerprint density at radius 1 is 1.36 bits per heavy atom. The van der Waals surface area contributed by atoms with E-state index in [1.807, 2.05) is 12.1 Å². The number of anilines is 1. The second-order valence-corrected chi connectivity index (χ2v) is 3.05. The molecule has 1 aromatic rings. The lowest BCUT2D eigenvalue weighted by Gasteiger charge is -2.05. The average Bonchev–Trinajstić information content (AvgIpc) is 2.20. The summed E-state index contributed by atoms with van der Waals surface area (Å²) in [7, 11) is 0. The molecular weight excluding hydrogens is 198 g/mol.